The van der Waals surface area contributed by atoms with Crippen LogP contribution in [-0.4, -0.2) is 68.4 Å². The second kappa shape index (κ2) is 9.50. The number of piperidine rings is 1. The summed E-state index contributed by atoms with van der Waals surface area (Å²) in [5, 5.41) is 6.88. The molecule has 2 aromatic heterocycles. The summed E-state index contributed by atoms with van der Waals surface area (Å²) in [7, 11) is 0. The molecule has 4 atom stereocenters. The quantitative estimate of drug-likeness (QED) is 0.427. The topological polar surface area (TPSA) is 107 Å². The van der Waals surface area contributed by atoms with Crippen molar-refractivity contribution >= 4 is 17.9 Å². The molecule has 6 rings (SSSR count). The van der Waals surface area contributed by atoms with Gasteiger partial charge in [0, 0.05) is 30.4 Å². The Hall–Kier alpha value is -4.60. The second-order valence-corrected chi connectivity index (χ2v) is 11.5. The monoisotopic (exact) mass is 563 g/mol. The Labute approximate surface area is 234 Å². The molecule has 212 valence electrons. The van der Waals surface area contributed by atoms with Crippen LogP contribution in [0, 0.1) is 30.2 Å². The van der Waals surface area contributed by atoms with Gasteiger partial charge in [-0.05, 0) is 45.0 Å². The summed E-state index contributed by atoms with van der Waals surface area (Å²) in [6.45, 7) is 14.5. The van der Waals surface area contributed by atoms with E-state index in [0.29, 0.717) is 35.6 Å². The smallest absolute Gasteiger partial charge is 0.414 e. The molecule has 3 aromatic rings. The number of likely N-dealkylation sites (tertiary alicyclic amines) is 1. The molecular weight excluding hydrogens is 536 g/mol. The zero-order valence-corrected chi connectivity index (χ0v) is 22.6. The number of hydrogen-bond donors (Lipinski definition) is 0. The number of ether oxygens (including phenoxy) is 2. The maximum absolute atomic E-state index is 15.2. The first kappa shape index (κ1) is 26.6. The van der Waals surface area contributed by atoms with Gasteiger partial charge in [0.1, 0.15) is 23.2 Å². The molecular formula is C28H27F2N7O4. The van der Waals surface area contributed by atoms with Gasteiger partial charge < -0.3 is 19.2 Å². The number of nitrogens with zero attached hydrogens (tertiary/aromatic N) is 7. The Morgan fingerprint density at radius 1 is 1.20 bits per heavy atom. The number of benzene rings is 1. The van der Waals surface area contributed by atoms with Crippen molar-refractivity contribution < 1.29 is 27.8 Å². The summed E-state index contributed by atoms with van der Waals surface area (Å²) in [6.07, 6.45) is 1.01. The SMILES string of the molecule is [C-]#[N+]C1(c2ccc(-c3ccc(N4C[C@H](Cn5cc(F)nn5)OC4=O)cc3F)cn2)[C@@H]2CN(C(=O)OC(C)(C)C)C[C@@H]21. The molecule has 1 unspecified atom stereocenters. The van der Waals surface area contributed by atoms with Gasteiger partial charge in [-0.3, -0.25) is 9.88 Å². The first-order valence-electron chi connectivity index (χ1n) is 13.2. The van der Waals surface area contributed by atoms with E-state index in [1.807, 2.05) is 20.8 Å². The van der Waals surface area contributed by atoms with Gasteiger partial charge in [-0.25, -0.2) is 25.2 Å². The molecule has 2 amide bonds. The Balaban J connectivity index is 1.13. The average molecular weight is 564 g/mol. The maximum Gasteiger partial charge on any atom is 0.414 e. The van der Waals surface area contributed by atoms with Crippen molar-refractivity contribution in [3.05, 3.63) is 71.6 Å². The molecule has 2 aliphatic heterocycles. The van der Waals surface area contributed by atoms with Gasteiger partial charge in [0.15, 0.2) is 0 Å². The number of carbonyl (C=O) groups excluding carboxylic acids is 2. The van der Waals surface area contributed by atoms with Crippen LogP contribution in [0.3, 0.4) is 0 Å². The number of rotatable bonds is 5. The van der Waals surface area contributed by atoms with Crippen molar-refractivity contribution in [1.82, 2.24) is 24.9 Å². The first-order chi connectivity index (χ1) is 19.5. The molecule has 0 bridgehead atoms. The van der Waals surface area contributed by atoms with Crippen LogP contribution >= 0.6 is 0 Å². The fraction of sp³-hybridized carbons (Fsp3) is 0.429. The van der Waals surface area contributed by atoms with E-state index in [2.05, 4.69) is 20.1 Å². The number of cyclic esters (lactones) is 1. The Morgan fingerprint density at radius 2 is 1.95 bits per heavy atom. The van der Waals surface area contributed by atoms with Gasteiger partial charge in [0.25, 0.3) is 11.5 Å². The predicted molar refractivity (Wildman–Crippen MR) is 140 cm³/mol. The van der Waals surface area contributed by atoms with E-state index in [-0.39, 0.29) is 31.0 Å². The first-order valence-corrected chi connectivity index (χ1v) is 13.2. The fourth-order valence-corrected chi connectivity index (χ4v) is 5.78. The third-order valence-electron chi connectivity index (χ3n) is 7.70. The predicted octanol–water partition coefficient (Wildman–Crippen LogP) is 4.25. The minimum absolute atomic E-state index is 0.0329. The third-order valence-corrected chi connectivity index (χ3v) is 7.70. The van der Waals surface area contributed by atoms with E-state index in [9.17, 15) is 14.0 Å². The van der Waals surface area contributed by atoms with Gasteiger partial charge in [0.05, 0.1) is 36.8 Å². The lowest BCUT2D eigenvalue weighted by atomic mass is 10.0. The lowest BCUT2D eigenvalue weighted by Crippen LogP contribution is -2.38. The van der Waals surface area contributed by atoms with Crippen LogP contribution in [0.15, 0.2) is 42.7 Å². The number of carbonyl (C=O) groups is 2. The van der Waals surface area contributed by atoms with Crippen LogP contribution < -0.4 is 4.90 Å². The van der Waals surface area contributed by atoms with Crippen LogP contribution in [0.2, 0.25) is 0 Å². The summed E-state index contributed by atoms with van der Waals surface area (Å²) < 4.78 is 40.3. The highest BCUT2D eigenvalue weighted by atomic mass is 19.1. The van der Waals surface area contributed by atoms with Crippen LogP contribution in [0.25, 0.3) is 16.0 Å². The molecule has 4 heterocycles. The highest BCUT2D eigenvalue weighted by molar-refractivity contribution is 5.90. The molecule has 3 fully saturated rings. The van der Waals surface area contributed by atoms with Gasteiger partial charge >= 0.3 is 12.2 Å². The minimum atomic E-state index is -0.801. The van der Waals surface area contributed by atoms with E-state index in [4.69, 9.17) is 16.0 Å². The van der Waals surface area contributed by atoms with Gasteiger partial charge in [-0.1, -0.05) is 16.4 Å². The van der Waals surface area contributed by atoms with E-state index in [0.717, 1.165) is 6.20 Å². The molecule has 2 saturated heterocycles. The van der Waals surface area contributed by atoms with Gasteiger partial charge in [-0.2, -0.15) is 4.39 Å². The van der Waals surface area contributed by atoms with E-state index in [1.54, 1.807) is 29.2 Å². The molecule has 3 aliphatic rings. The van der Waals surface area contributed by atoms with E-state index >= 15 is 4.39 Å². The van der Waals surface area contributed by atoms with Gasteiger partial charge in [-0.15, -0.1) is 0 Å². The fourth-order valence-electron chi connectivity index (χ4n) is 5.78. The number of amides is 2. The van der Waals surface area contributed by atoms with Gasteiger partial charge in [0.2, 0.25) is 0 Å². The number of pyridine rings is 1. The normalized spacial score (nSPS) is 25.1. The third kappa shape index (κ3) is 4.73. The van der Waals surface area contributed by atoms with Crippen LogP contribution in [0.1, 0.15) is 26.5 Å². The minimum Gasteiger partial charge on any atom is -0.444 e. The summed E-state index contributed by atoms with van der Waals surface area (Å²) in [5.74, 6) is -1.35. The molecule has 41 heavy (non-hydrogen) atoms. The zero-order chi connectivity index (χ0) is 29.1. The number of fused-ring (bicyclic) bond motifs is 1. The number of hydrogen-bond acceptors (Lipinski definition) is 7. The number of halogens is 2. The number of anilines is 1. The highest BCUT2D eigenvalue weighted by Crippen LogP contribution is 2.64. The largest absolute Gasteiger partial charge is 0.444 e. The molecule has 0 spiro atoms. The van der Waals surface area contributed by atoms with Crippen LogP contribution in [0.5, 0.6) is 0 Å². The average Bonchev–Trinajstić information content (AvgIpc) is 3.34. The molecule has 11 nitrogen and oxygen atoms in total. The zero-order valence-electron chi connectivity index (χ0n) is 22.6. The molecule has 13 heteroatoms. The van der Waals surface area contributed by atoms with Crippen molar-refractivity contribution in [3.63, 3.8) is 0 Å². The van der Waals surface area contributed by atoms with Crippen LogP contribution in [-0.2, 0) is 21.6 Å². The van der Waals surface area contributed by atoms with Crippen molar-refractivity contribution in [2.24, 2.45) is 11.8 Å². The summed E-state index contributed by atoms with van der Waals surface area (Å²) >= 11 is 0. The molecule has 0 radical (unpaired) electrons. The Bertz CT molecular complexity index is 1550. The van der Waals surface area contributed by atoms with Crippen molar-refractivity contribution in [3.8, 4) is 11.1 Å². The number of aromatic nitrogens is 4. The van der Waals surface area contributed by atoms with E-state index in [1.165, 1.54) is 21.8 Å². The summed E-state index contributed by atoms with van der Waals surface area (Å²) in [5.41, 5.74) is 0.342. The lowest BCUT2D eigenvalue weighted by molar-refractivity contribution is 0.0264. The van der Waals surface area contributed by atoms with E-state index < -0.39 is 35.1 Å². The molecule has 1 aromatic carbocycles. The maximum atomic E-state index is 15.2. The van der Waals surface area contributed by atoms with Crippen molar-refractivity contribution in [2.45, 2.75) is 44.6 Å². The Morgan fingerprint density at radius 3 is 2.54 bits per heavy atom. The van der Waals surface area contributed by atoms with Crippen molar-refractivity contribution in [1.29, 1.82) is 0 Å². The second-order valence-electron chi connectivity index (χ2n) is 11.5. The molecule has 1 aliphatic carbocycles. The van der Waals surface area contributed by atoms with Crippen molar-refractivity contribution in [2.75, 3.05) is 24.5 Å². The molecule has 1 saturated carbocycles. The highest BCUT2D eigenvalue weighted by Gasteiger charge is 2.78. The summed E-state index contributed by atoms with van der Waals surface area (Å²) in [4.78, 5) is 36.3. The summed E-state index contributed by atoms with van der Waals surface area (Å²) in [6, 6.07) is 7.89. The van der Waals surface area contributed by atoms with Crippen LogP contribution in [0.4, 0.5) is 24.1 Å². The lowest BCUT2D eigenvalue weighted by Gasteiger charge is -2.26. The Kier molecular flexibility index (Phi) is 6.17. The molecule has 0 N–H and O–H groups in total. The standard InChI is InChI=1S/C28H27F2N7O4/c1-27(2,3)41-25(38)35-13-20-21(14-35)28(20,31-4)23-8-5-16(10-32-23)19-7-6-17(9-22(19)29)37-12-18(40-26(37)39)11-36-15-24(30)33-34-36/h5-10,15,18,20-21H,11-14H2,1-3H3/t18-,20-,21+,28?/m0/s1.